The molecule has 1 aromatic carbocycles. The van der Waals surface area contributed by atoms with Gasteiger partial charge in [-0.3, -0.25) is 4.98 Å². The first-order valence-corrected chi connectivity index (χ1v) is 6.64. The molecule has 2 N–H and O–H groups in total. The molecule has 1 aliphatic rings. The molecule has 1 unspecified atom stereocenters. The van der Waals surface area contributed by atoms with Gasteiger partial charge in [0.25, 0.3) is 0 Å². The summed E-state index contributed by atoms with van der Waals surface area (Å²) in [6, 6.07) is 8.24. The quantitative estimate of drug-likeness (QED) is 0.834. The van der Waals surface area contributed by atoms with Gasteiger partial charge in [0.05, 0.1) is 23.1 Å². The number of nitrogens with two attached hydrogens (primary N) is 1. The first kappa shape index (κ1) is 11.3. The van der Waals surface area contributed by atoms with Gasteiger partial charge in [0.1, 0.15) is 0 Å². The van der Waals surface area contributed by atoms with E-state index in [4.69, 9.17) is 5.73 Å². The predicted molar refractivity (Wildman–Crippen MR) is 76.8 cm³/mol. The highest BCUT2D eigenvalue weighted by molar-refractivity contribution is 5.97. The van der Waals surface area contributed by atoms with Gasteiger partial charge in [-0.1, -0.05) is 25.1 Å². The molecule has 3 rings (SSSR count). The number of nitrogen functional groups attached to an aromatic ring is 1. The van der Waals surface area contributed by atoms with Crippen molar-refractivity contribution in [2.45, 2.75) is 19.8 Å². The van der Waals surface area contributed by atoms with E-state index in [0.29, 0.717) is 0 Å². The minimum Gasteiger partial charge on any atom is -0.396 e. The zero-order valence-electron chi connectivity index (χ0n) is 10.8. The number of aromatic nitrogens is 1. The minimum absolute atomic E-state index is 0.741. The van der Waals surface area contributed by atoms with Crippen LogP contribution in [-0.4, -0.2) is 18.1 Å². The van der Waals surface area contributed by atoms with E-state index < -0.39 is 0 Å². The topological polar surface area (TPSA) is 42.1 Å². The molecule has 1 saturated heterocycles. The Morgan fingerprint density at radius 3 is 3.00 bits per heavy atom. The Kier molecular flexibility index (Phi) is 2.82. The summed E-state index contributed by atoms with van der Waals surface area (Å²) in [5.41, 5.74) is 9.15. The third kappa shape index (κ3) is 1.90. The third-order valence-electron chi connectivity index (χ3n) is 3.75. The second-order valence-corrected chi connectivity index (χ2v) is 5.27. The van der Waals surface area contributed by atoms with Crippen LogP contribution in [0.3, 0.4) is 0 Å². The number of pyridine rings is 1. The molecule has 1 atom stereocenters. The van der Waals surface area contributed by atoms with Crippen molar-refractivity contribution in [1.82, 2.24) is 4.98 Å². The SMILES string of the molecule is CC1CCCN(c2c(N)cnc3ccccc23)C1. The Balaban J connectivity index is 2.12. The van der Waals surface area contributed by atoms with Gasteiger partial charge in [0.2, 0.25) is 0 Å². The lowest BCUT2D eigenvalue weighted by atomic mass is 9.99. The molecule has 94 valence electrons. The molecule has 18 heavy (non-hydrogen) atoms. The Bertz CT molecular complexity index is 565. The number of fused-ring (bicyclic) bond motifs is 1. The van der Waals surface area contributed by atoms with Crippen LogP contribution >= 0.6 is 0 Å². The van der Waals surface area contributed by atoms with Gasteiger partial charge in [-0.25, -0.2) is 0 Å². The minimum atomic E-state index is 0.741. The highest BCUT2D eigenvalue weighted by Crippen LogP contribution is 2.33. The van der Waals surface area contributed by atoms with Crippen LogP contribution in [0.2, 0.25) is 0 Å². The summed E-state index contributed by atoms with van der Waals surface area (Å²) in [4.78, 5) is 6.83. The molecule has 0 spiro atoms. The van der Waals surface area contributed by atoms with Gasteiger partial charge < -0.3 is 10.6 Å². The summed E-state index contributed by atoms with van der Waals surface area (Å²) in [7, 11) is 0. The largest absolute Gasteiger partial charge is 0.396 e. The summed E-state index contributed by atoms with van der Waals surface area (Å²) in [5, 5.41) is 1.17. The summed E-state index contributed by atoms with van der Waals surface area (Å²) >= 11 is 0. The van der Waals surface area contributed by atoms with Crippen LogP contribution in [0.5, 0.6) is 0 Å². The number of anilines is 2. The van der Waals surface area contributed by atoms with Crippen LogP contribution in [0.4, 0.5) is 11.4 Å². The summed E-state index contributed by atoms with van der Waals surface area (Å²) in [6.45, 7) is 4.51. The fourth-order valence-electron chi connectivity index (χ4n) is 2.89. The smallest absolute Gasteiger partial charge is 0.0745 e. The molecule has 3 nitrogen and oxygen atoms in total. The van der Waals surface area contributed by atoms with Crippen LogP contribution in [0.25, 0.3) is 10.9 Å². The van der Waals surface area contributed by atoms with E-state index in [2.05, 4.69) is 28.9 Å². The number of rotatable bonds is 1. The van der Waals surface area contributed by atoms with Gasteiger partial charge in [-0.05, 0) is 24.8 Å². The number of piperidine rings is 1. The van der Waals surface area contributed by atoms with Gasteiger partial charge in [0, 0.05) is 18.5 Å². The molecule has 0 amide bonds. The average molecular weight is 241 g/mol. The Hall–Kier alpha value is -1.77. The fourth-order valence-corrected chi connectivity index (χ4v) is 2.89. The van der Waals surface area contributed by atoms with E-state index in [-0.39, 0.29) is 0 Å². The van der Waals surface area contributed by atoms with Crippen molar-refractivity contribution in [1.29, 1.82) is 0 Å². The predicted octanol–water partition coefficient (Wildman–Crippen LogP) is 3.05. The molecule has 1 aromatic heterocycles. The van der Waals surface area contributed by atoms with Crippen molar-refractivity contribution in [3.05, 3.63) is 30.5 Å². The van der Waals surface area contributed by atoms with Crippen molar-refractivity contribution in [3.63, 3.8) is 0 Å². The maximum Gasteiger partial charge on any atom is 0.0745 e. The Morgan fingerprint density at radius 1 is 1.33 bits per heavy atom. The summed E-state index contributed by atoms with van der Waals surface area (Å²) < 4.78 is 0. The number of nitrogens with zero attached hydrogens (tertiary/aromatic N) is 2. The number of hydrogen-bond donors (Lipinski definition) is 1. The van der Waals surface area contributed by atoms with Gasteiger partial charge in [0.15, 0.2) is 0 Å². The van der Waals surface area contributed by atoms with Crippen LogP contribution in [0, 0.1) is 5.92 Å². The first-order valence-electron chi connectivity index (χ1n) is 6.64. The zero-order chi connectivity index (χ0) is 12.5. The lowest BCUT2D eigenvalue weighted by molar-refractivity contribution is 0.447. The molecular formula is C15H19N3. The van der Waals surface area contributed by atoms with Crippen LogP contribution in [0.15, 0.2) is 30.5 Å². The van der Waals surface area contributed by atoms with E-state index in [1.54, 1.807) is 6.20 Å². The number of hydrogen-bond acceptors (Lipinski definition) is 3. The maximum absolute atomic E-state index is 6.16. The van der Waals surface area contributed by atoms with E-state index in [1.807, 2.05) is 12.1 Å². The second kappa shape index (κ2) is 4.48. The van der Waals surface area contributed by atoms with Crippen LogP contribution in [0.1, 0.15) is 19.8 Å². The van der Waals surface area contributed by atoms with Crippen molar-refractivity contribution in [2.24, 2.45) is 5.92 Å². The first-order chi connectivity index (χ1) is 8.75. The molecular weight excluding hydrogens is 222 g/mol. The average Bonchev–Trinajstić information content (AvgIpc) is 2.38. The normalized spacial score (nSPS) is 20.3. The lowest BCUT2D eigenvalue weighted by Gasteiger charge is -2.34. The lowest BCUT2D eigenvalue weighted by Crippen LogP contribution is -2.34. The number of para-hydroxylation sites is 1. The highest BCUT2D eigenvalue weighted by atomic mass is 15.1. The maximum atomic E-state index is 6.16. The van der Waals surface area contributed by atoms with E-state index in [9.17, 15) is 0 Å². The van der Waals surface area contributed by atoms with Crippen LogP contribution in [-0.2, 0) is 0 Å². The van der Waals surface area contributed by atoms with Crippen molar-refractivity contribution < 1.29 is 0 Å². The van der Waals surface area contributed by atoms with E-state index in [1.165, 1.54) is 23.9 Å². The van der Waals surface area contributed by atoms with Crippen LogP contribution < -0.4 is 10.6 Å². The van der Waals surface area contributed by atoms with Crippen molar-refractivity contribution >= 4 is 22.3 Å². The fraction of sp³-hybridized carbons (Fsp3) is 0.400. The van der Waals surface area contributed by atoms with Crippen molar-refractivity contribution in [3.8, 4) is 0 Å². The van der Waals surface area contributed by atoms with E-state index >= 15 is 0 Å². The summed E-state index contributed by atoms with van der Waals surface area (Å²) in [6.07, 6.45) is 4.35. The molecule has 0 radical (unpaired) electrons. The molecule has 2 heterocycles. The highest BCUT2D eigenvalue weighted by Gasteiger charge is 2.20. The van der Waals surface area contributed by atoms with Gasteiger partial charge >= 0.3 is 0 Å². The molecule has 2 aromatic rings. The summed E-state index contributed by atoms with van der Waals surface area (Å²) in [5.74, 6) is 0.741. The Morgan fingerprint density at radius 2 is 2.17 bits per heavy atom. The molecule has 1 aliphatic heterocycles. The third-order valence-corrected chi connectivity index (χ3v) is 3.75. The molecule has 3 heteroatoms. The molecule has 0 aliphatic carbocycles. The Labute approximate surface area is 108 Å². The monoisotopic (exact) mass is 241 g/mol. The molecule has 1 fully saturated rings. The van der Waals surface area contributed by atoms with Crippen molar-refractivity contribution in [2.75, 3.05) is 23.7 Å². The van der Waals surface area contributed by atoms with Gasteiger partial charge in [-0.2, -0.15) is 0 Å². The number of benzene rings is 1. The molecule has 0 bridgehead atoms. The second-order valence-electron chi connectivity index (χ2n) is 5.27. The standard InChI is InChI=1S/C15H19N3/c1-11-5-4-8-18(10-11)15-12-6-2-3-7-14(12)17-9-13(15)16/h2-3,6-7,9,11H,4-5,8,10,16H2,1H3. The molecule has 0 saturated carbocycles. The van der Waals surface area contributed by atoms with E-state index in [0.717, 1.165) is 30.2 Å². The van der Waals surface area contributed by atoms with Gasteiger partial charge in [-0.15, -0.1) is 0 Å². The zero-order valence-corrected chi connectivity index (χ0v) is 10.8.